The summed E-state index contributed by atoms with van der Waals surface area (Å²) in [6.45, 7) is 31.2. The molecule has 0 saturated carbocycles. The molecule has 9 saturated heterocycles. The van der Waals surface area contributed by atoms with Crippen molar-refractivity contribution in [2.24, 2.45) is 0 Å². The first-order valence-corrected chi connectivity index (χ1v) is 19.5. The monoisotopic (exact) mass is 892 g/mol. The van der Waals surface area contributed by atoms with Crippen LogP contribution < -0.4 is 34.0 Å². The molecule has 11 rings (SSSR count). The van der Waals surface area contributed by atoms with E-state index in [1.165, 1.54) is 151 Å². The molecule has 0 aliphatic carbocycles. The van der Waals surface area contributed by atoms with Crippen LogP contribution in [0.25, 0.3) is 0 Å². The average molecular weight is 897 g/mol. The van der Waals surface area contributed by atoms with E-state index in [2.05, 4.69) is 101 Å². The number of hydrogen-bond donors (Lipinski definition) is 0. The number of hydrogen-bond acceptors (Lipinski definition) is 4. The summed E-state index contributed by atoms with van der Waals surface area (Å²) >= 11 is 6.50. The van der Waals surface area contributed by atoms with Crippen LogP contribution in [0.3, 0.4) is 0 Å². The van der Waals surface area contributed by atoms with Crippen LogP contribution >= 0.6 is 31.9 Å². The van der Waals surface area contributed by atoms with Crippen LogP contribution in [-0.4, -0.2) is 158 Å². The van der Waals surface area contributed by atoms with Crippen LogP contribution in [-0.2, 0) is 11.9 Å². The number of nitrogens with zero attached hydrogens (tertiary/aromatic N) is 6. The number of piperazine rings is 9. The van der Waals surface area contributed by atoms with E-state index < -0.39 is 0 Å². The van der Waals surface area contributed by atoms with Crippen LogP contribution in [0.1, 0.15) is 25.0 Å². The molecule has 46 heavy (non-hydrogen) atoms. The Morgan fingerprint density at radius 3 is 1.04 bits per heavy atom. The molecule has 6 nitrogen and oxygen atoms in total. The van der Waals surface area contributed by atoms with Gasteiger partial charge in [0.15, 0.2) is 0 Å². The van der Waals surface area contributed by atoms with Gasteiger partial charge in [-0.05, 0) is 12.5 Å². The van der Waals surface area contributed by atoms with Crippen molar-refractivity contribution in [2.45, 2.75) is 25.7 Å². The van der Waals surface area contributed by atoms with E-state index in [1.807, 2.05) is 25.1 Å². The van der Waals surface area contributed by atoms with Gasteiger partial charge in [0, 0.05) is 94.8 Å². The lowest BCUT2D eigenvalue weighted by Gasteiger charge is -2.50. The van der Waals surface area contributed by atoms with E-state index >= 15 is 0 Å². The van der Waals surface area contributed by atoms with Crippen molar-refractivity contribution in [3.8, 4) is 0 Å². The molecule has 9 fully saturated rings. The summed E-state index contributed by atoms with van der Waals surface area (Å²) in [5, 5.41) is 2.01. The Balaban J connectivity index is 0.000000211. The Kier molecular flexibility index (Phi) is 20.9. The average Bonchev–Trinajstić information content (AvgIpc) is 3.12. The Hall–Kier alpha value is 0.120. The molecular formula is C36H60Br4N6. The standard InChI is InChI=1S/C13H19N2.C8H17N2.C7H7Br.C6H12N2.C2H5Br.2BrH/c1-2-4-13(5-3-1)12-15-9-6-14(7-10-15)8-11-15;1-2-10-6-3-9(4-7-10)5-8-10;8-6-7-4-2-1-3-5-7;1-2-8-5-3-7(1)4-6-8;1-2-3;;/h1-5H,6-12H2;2-8H2,1H3;1-5H,6H2;1-6H2;2H2,1H3;2*1H/q2*+1;;;;;/p-2. The predicted octanol–water partition coefficient (Wildman–Crippen LogP) is -0.907. The lowest BCUT2D eigenvalue weighted by molar-refractivity contribution is -0.953. The molecule has 9 aliphatic rings. The molecule has 0 N–H and O–H groups in total. The number of alkyl halides is 2. The summed E-state index contributed by atoms with van der Waals surface area (Å²) in [5.74, 6) is 0. The van der Waals surface area contributed by atoms with Crippen molar-refractivity contribution < 1.29 is 42.9 Å². The second-order valence-electron chi connectivity index (χ2n) is 13.2. The van der Waals surface area contributed by atoms with Gasteiger partial charge < -0.3 is 42.9 Å². The largest absolute Gasteiger partial charge is 1.00 e. The van der Waals surface area contributed by atoms with Gasteiger partial charge in [-0.15, -0.1) is 0 Å². The summed E-state index contributed by atoms with van der Waals surface area (Å²) in [4.78, 5) is 10.3. The van der Waals surface area contributed by atoms with Crippen molar-refractivity contribution in [3.63, 3.8) is 0 Å². The predicted molar refractivity (Wildman–Crippen MR) is 195 cm³/mol. The highest BCUT2D eigenvalue weighted by Crippen LogP contribution is 2.23. The van der Waals surface area contributed by atoms with Crippen LogP contribution in [0.5, 0.6) is 0 Å². The van der Waals surface area contributed by atoms with Crippen molar-refractivity contribution in [3.05, 3.63) is 71.8 Å². The van der Waals surface area contributed by atoms with E-state index in [4.69, 9.17) is 0 Å². The van der Waals surface area contributed by atoms with Crippen molar-refractivity contribution in [1.29, 1.82) is 0 Å². The van der Waals surface area contributed by atoms with Crippen LogP contribution in [0, 0.1) is 0 Å². The normalized spacial score (nSPS) is 31.0. The Labute approximate surface area is 319 Å². The molecule has 0 unspecified atom stereocenters. The maximum atomic E-state index is 3.36. The number of benzene rings is 2. The van der Waals surface area contributed by atoms with E-state index in [-0.39, 0.29) is 34.0 Å². The zero-order valence-corrected chi connectivity index (χ0v) is 34.9. The van der Waals surface area contributed by atoms with Gasteiger partial charge in [-0.3, -0.25) is 19.6 Å². The molecule has 6 bridgehead atoms. The number of quaternary nitrogens is 2. The fourth-order valence-electron chi connectivity index (χ4n) is 7.23. The molecule has 10 heteroatoms. The van der Waals surface area contributed by atoms with Crippen molar-refractivity contribution in [1.82, 2.24) is 19.6 Å². The van der Waals surface area contributed by atoms with E-state index in [1.54, 1.807) is 0 Å². The molecule has 9 heterocycles. The first kappa shape index (κ1) is 42.3. The third-order valence-electron chi connectivity index (χ3n) is 10.6. The molecule has 2 aromatic rings. The van der Waals surface area contributed by atoms with E-state index in [0.29, 0.717) is 0 Å². The van der Waals surface area contributed by atoms with Gasteiger partial charge in [-0.1, -0.05) is 99.4 Å². The zero-order chi connectivity index (χ0) is 31.1. The van der Waals surface area contributed by atoms with Gasteiger partial charge in [-0.2, -0.15) is 0 Å². The molecule has 0 atom stereocenters. The Morgan fingerprint density at radius 2 is 0.783 bits per heavy atom. The summed E-state index contributed by atoms with van der Waals surface area (Å²) in [7, 11) is 0. The third kappa shape index (κ3) is 13.8. The van der Waals surface area contributed by atoms with E-state index in [0.717, 1.165) is 10.7 Å². The van der Waals surface area contributed by atoms with Gasteiger partial charge in [-0.25, -0.2) is 0 Å². The smallest absolute Gasteiger partial charge is 0.104 e. The maximum absolute atomic E-state index is 3.36. The molecule has 0 aromatic heterocycles. The van der Waals surface area contributed by atoms with Gasteiger partial charge in [0.05, 0.1) is 45.8 Å². The minimum atomic E-state index is 0. The molecule has 0 radical (unpaired) electrons. The highest BCUT2D eigenvalue weighted by Gasteiger charge is 2.38. The van der Waals surface area contributed by atoms with Crippen molar-refractivity contribution >= 4 is 31.9 Å². The fraction of sp³-hybridized carbons (Fsp3) is 0.667. The molecule has 262 valence electrons. The fourth-order valence-corrected chi connectivity index (χ4v) is 7.61. The molecule has 0 spiro atoms. The van der Waals surface area contributed by atoms with Crippen LogP contribution in [0.4, 0.5) is 0 Å². The quantitative estimate of drug-likeness (QED) is 0.292. The number of likely N-dealkylation sites (N-methyl/N-ethyl adjacent to an activating group) is 1. The summed E-state index contributed by atoms with van der Waals surface area (Å²) in [6.07, 6.45) is 0. The third-order valence-corrected chi connectivity index (χ3v) is 11.2. The van der Waals surface area contributed by atoms with Crippen LogP contribution in [0.2, 0.25) is 0 Å². The van der Waals surface area contributed by atoms with Gasteiger partial charge in [0.1, 0.15) is 6.54 Å². The zero-order valence-electron chi connectivity index (χ0n) is 28.5. The van der Waals surface area contributed by atoms with Gasteiger partial charge in [0.2, 0.25) is 0 Å². The van der Waals surface area contributed by atoms with Gasteiger partial charge in [0.25, 0.3) is 0 Å². The minimum absolute atomic E-state index is 0. The lowest BCUT2D eigenvalue weighted by atomic mass is 10.1. The highest BCUT2D eigenvalue weighted by molar-refractivity contribution is 9.09. The van der Waals surface area contributed by atoms with Crippen LogP contribution in [0.15, 0.2) is 60.7 Å². The second kappa shape index (κ2) is 22.8. The second-order valence-corrected chi connectivity index (χ2v) is 14.9. The number of rotatable bonds is 4. The molecule has 9 aliphatic heterocycles. The maximum Gasteiger partial charge on any atom is 0.104 e. The Bertz CT molecular complexity index is 975. The number of halogens is 4. The summed E-state index contributed by atoms with van der Waals surface area (Å²) < 4.78 is 2.75. The van der Waals surface area contributed by atoms with E-state index in [9.17, 15) is 0 Å². The SMILES string of the molecule is BrCc1ccccc1.C1CN2CCN1CC2.CCBr.CC[N+]12CCN(CC1)CC2.[Br-].[Br-].c1ccc(C[N+]23CCN(CC2)CC3)cc1. The Morgan fingerprint density at radius 1 is 0.478 bits per heavy atom. The summed E-state index contributed by atoms with van der Waals surface area (Å²) in [6, 6.07) is 21.3. The molecular weight excluding hydrogens is 836 g/mol. The van der Waals surface area contributed by atoms with Crippen molar-refractivity contribution in [2.75, 3.05) is 130 Å². The van der Waals surface area contributed by atoms with Gasteiger partial charge >= 0.3 is 0 Å². The summed E-state index contributed by atoms with van der Waals surface area (Å²) in [5.41, 5.74) is 2.83. The topological polar surface area (TPSA) is 13.0 Å². The first-order chi connectivity index (χ1) is 21.5. The lowest BCUT2D eigenvalue weighted by Crippen LogP contribution is -3.00. The highest BCUT2D eigenvalue weighted by atomic mass is 79.9. The first-order valence-electron chi connectivity index (χ1n) is 17.3. The minimum Gasteiger partial charge on any atom is -1.00 e. The molecule has 0 amide bonds. The number of fused-ring (bicyclic) bond motifs is 9. The molecule has 2 aromatic carbocycles.